The zero-order chi connectivity index (χ0) is 19.2. The van der Waals surface area contributed by atoms with Crippen molar-refractivity contribution in [2.45, 2.75) is 13.2 Å². The van der Waals surface area contributed by atoms with Gasteiger partial charge < -0.3 is 14.2 Å². The Morgan fingerprint density at radius 2 is 1.81 bits per heavy atom. The third-order valence-electron chi connectivity index (χ3n) is 3.52. The molecule has 2 aromatic carbocycles. The molecular weight excluding hydrogens is 376 g/mol. The molecule has 1 heterocycles. The topological polar surface area (TPSA) is 57.7 Å². The Bertz CT molecular complexity index is 928. The number of halogens is 2. The summed E-state index contributed by atoms with van der Waals surface area (Å²) < 4.78 is 42.2. The van der Waals surface area contributed by atoms with Gasteiger partial charge in [0.15, 0.2) is 0 Å². The van der Waals surface area contributed by atoms with Gasteiger partial charge in [0.2, 0.25) is 0 Å². The lowest BCUT2D eigenvalue weighted by Gasteiger charge is -2.06. The fraction of sp³-hybridized carbons (Fsp3) is 0.158. The number of hydrogen-bond acceptors (Lipinski definition) is 6. The normalized spacial score (nSPS) is 10.5. The molecule has 3 aromatic rings. The van der Waals surface area contributed by atoms with Gasteiger partial charge in [0, 0.05) is 11.4 Å². The number of carbonyl (C=O) groups excluding carboxylic acids is 1. The molecule has 8 heteroatoms. The monoisotopic (exact) mass is 391 g/mol. The molecule has 27 heavy (non-hydrogen) atoms. The van der Waals surface area contributed by atoms with Crippen LogP contribution in [-0.2, 0) is 18.0 Å². The number of methoxy groups -OCH3 is 1. The van der Waals surface area contributed by atoms with Crippen LogP contribution in [0.2, 0.25) is 0 Å². The zero-order valence-electron chi connectivity index (χ0n) is 14.3. The third-order valence-corrected chi connectivity index (χ3v) is 4.39. The smallest absolute Gasteiger partial charge is 0.341 e. The van der Waals surface area contributed by atoms with Gasteiger partial charge in [-0.1, -0.05) is 0 Å². The Kier molecular flexibility index (Phi) is 5.97. The second-order valence-electron chi connectivity index (χ2n) is 5.40. The number of thiazole rings is 1. The molecule has 140 valence electrons. The minimum Gasteiger partial charge on any atom is -0.497 e. The number of aromatic nitrogens is 1. The molecule has 1 aromatic heterocycles. The van der Waals surface area contributed by atoms with E-state index >= 15 is 0 Å². The molecule has 0 unspecified atom stereocenters. The number of carbonyl (C=O) groups is 1. The summed E-state index contributed by atoms with van der Waals surface area (Å²) in [5, 5.41) is 2.39. The Labute approximate surface area is 158 Å². The summed E-state index contributed by atoms with van der Waals surface area (Å²) in [6.07, 6.45) is 0. The molecule has 0 radical (unpaired) electrons. The molecule has 0 bridgehead atoms. The molecular formula is C19H15F2NO4S. The summed E-state index contributed by atoms with van der Waals surface area (Å²) in [5.74, 6) is -1.00. The first-order valence-corrected chi connectivity index (χ1v) is 8.75. The number of benzene rings is 2. The SMILES string of the molecule is COc1ccc(C(=O)OCc2csc(COc3ccc(F)cc3)n2)c(F)c1. The molecule has 0 saturated carbocycles. The highest BCUT2D eigenvalue weighted by atomic mass is 32.1. The van der Waals surface area contributed by atoms with Crippen molar-refractivity contribution in [1.29, 1.82) is 0 Å². The van der Waals surface area contributed by atoms with Crippen LogP contribution in [0.15, 0.2) is 47.8 Å². The van der Waals surface area contributed by atoms with Gasteiger partial charge in [0.1, 0.15) is 41.4 Å². The second kappa shape index (κ2) is 8.59. The molecule has 3 rings (SSSR count). The Morgan fingerprint density at radius 1 is 1.07 bits per heavy atom. The van der Waals surface area contributed by atoms with Crippen molar-refractivity contribution >= 4 is 17.3 Å². The minimum atomic E-state index is -0.785. The van der Waals surface area contributed by atoms with Gasteiger partial charge in [0.25, 0.3) is 0 Å². The summed E-state index contributed by atoms with van der Waals surface area (Å²) in [7, 11) is 1.41. The van der Waals surface area contributed by atoms with Gasteiger partial charge in [-0.25, -0.2) is 18.6 Å². The Morgan fingerprint density at radius 3 is 2.52 bits per heavy atom. The predicted molar refractivity (Wildman–Crippen MR) is 94.9 cm³/mol. The van der Waals surface area contributed by atoms with Crippen LogP contribution in [-0.4, -0.2) is 18.1 Å². The third kappa shape index (κ3) is 5.01. The number of ether oxygens (including phenoxy) is 3. The standard InChI is InChI=1S/C19H15F2NO4S/c1-24-15-6-7-16(17(21)8-15)19(23)26-9-13-11-27-18(22-13)10-25-14-4-2-12(20)3-5-14/h2-8,11H,9-10H2,1H3. The average Bonchev–Trinajstić information content (AvgIpc) is 3.13. The lowest BCUT2D eigenvalue weighted by atomic mass is 10.2. The summed E-state index contributed by atoms with van der Waals surface area (Å²) >= 11 is 1.34. The summed E-state index contributed by atoms with van der Waals surface area (Å²) in [5.41, 5.74) is 0.353. The highest BCUT2D eigenvalue weighted by Gasteiger charge is 2.15. The van der Waals surface area contributed by atoms with E-state index in [0.717, 1.165) is 6.07 Å². The molecule has 0 aliphatic heterocycles. The van der Waals surface area contributed by atoms with E-state index in [1.54, 1.807) is 5.38 Å². The van der Waals surface area contributed by atoms with Gasteiger partial charge in [-0.05, 0) is 36.4 Å². The van der Waals surface area contributed by atoms with Crippen LogP contribution in [0.25, 0.3) is 0 Å². The van der Waals surface area contributed by atoms with Crippen molar-refractivity contribution in [3.8, 4) is 11.5 Å². The number of nitrogens with zero attached hydrogens (tertiary/aromatic N) is 1. The molecule has 0 spiro atoms. The van der Waals surface area contributed by atoms with Crippen molar-refractivity contribution in [1.82, 2.24) is 4.98 Å². The van der Waals surface area contributed by atoms with Gasteiger partial charge in [-0.2, -0.15) is 0 Å². The second-order valence-corrected chi connectivity index (χ2v) is 6.34. The maximum atomic E-state index is 13.9. The van der Waals surface area contributed by atoms with E-state index in [1.165, 1.54) is 54.8 Å². The fourth-order valence-corrected chi connectivity index (χ4v) is 2.85. The van der Waals surface area contributed by atoms with Crippen LogP contribution in [0.3, 0.4) is 0 Å². The lowest BCUT2D eigenvalue weighted by molar-refractivity contribution is 0.0462. The van der Waals surface area contributed by atoms with E-state index in [0.29, 0.717) is 22.2 Å². The summed E-state index contributed by atoms with van der Waals surface area (Å²) in [6, 6.07) is 9.56. The van der Waals surface area contributed by atoms with Crippen molar-refractivity contribution < 1.29 is 27.8 Å². The molecule has 0 N–H and O–H groups in total. The van der Waals surface area contributed by atoms with E-state index in [9.17, 15) is 13.6 Å². The lowest BCUT2D eigenvalue weighted by Crippen LogP contribution is -2.08. The van der Waals surface area contributed by atoms with Gasteiger partial charge in [-0.3, -0.25) is 0 Å². The molecule has 0 amide bonds. The highest BCUT2D eigenvalue weighted by Crippen LogP contribution is 2.19. The van der Waals surface area contributed by atoms with Crippen LogP contribution in [0.5, 0.6) is 11.5 Å². The van der Waals surface area contributed by atoms with E-state index in [2.05, 4.69) is 4.98 Å². The van der Waals surface area contributed by atoms with Crippen molar-refractivity contribution in [3.05, 3.63) is 75.7 Å². The molecule has 0 fully saturated rings. The molecule has 0 saturated heterocycles. The maximum absolute atomic E-state index is 13.9. The highest BCUT2D eigenvalue weighted by molar-refractivity contribution is 7.09. The van der Waals surface area contributed by atoms with Crippen LogP contribution in [0, 0.1) is 11.6 Å². The predicted octanol–water partition coefficient (Wildman–Crippen LogP) is 4.37. The largest absolute Gasteiger partial charge is 0.497 e. The van der Waals surface area contributed by atoms with E-state index < -0.39 is 11.8 Å². The average molecular weight is 391 g/mol. The van der Waals surface area contributed by atoms with Gasteiger partial charge >= 0.3 is 5.97 Å². The number of hydrogen-bond donors (Lipinski definition) is 0. The van der Waals surface area contributed by atoms with Crippen LogP contribution >= 0.6 is 11.3 Å². The first-order valence-electron chi connectivity index (χ1n) is 7.87. The van der Waals surface area contributed by atoms with Crippen molar-refractivity contribution in [3.63, 3.8) is 0 Å². The molecule has 0 aliphatic rings. The first-order chi connectivity index (χ1) is 13.0. The van der Waals surface area contributed by atoms with Crippen molar-refractivity contribution in [2.24, 2.45) is 0 Å². The van der Waals surface area contributed by atoms with Gasteiger partial charge in [-0.15, -0.1) is 11.3 Å². The summed E-state index contributed by atoms with van der Waals surface area (Å²) in [4.78, 5) is 16.3. The first kappa shape index (κ1) is 18.8. The Hall–Kier alpha value is -3.00. The summed E-state index contributed by atoms with van der Waals surface area (Å²) in [6.45, 7) is 0.120. The van der Waals surface area contributed by atoms with Crippen LogP contribution in [0.1, 0.15) is 21.1 Å². The van der Waals surface area contributed by atoms with Crippen molar-refractivity contribution in [2.75, 3.05) is 7.11 Å². The quantitative estimate of drug-likeness (QED) is 0.560. The minimum absolute atomic E-state index is 0.0860. The molecule has 5 nitrogen and oxygen atoms in total. The van der Waals surface area contributed by atoms with Crippen LogP contribution < -0.4 is 9.47 Å². The van der Waals surface area contributed by atoms with E-state index in [-0.39, 0.29) is 24.6 Å². The van der Waals surface area contributed by atoms with Crippen LogP contribution in [0.4, 0.5) is 8.78 Å². The molecule has 0 atom stereocenters. The zero-order valence-corrected chi connectivity index (χ0v) is 15.1. The van der Waals surface area contributed by atoms with E-state index in [1.807, 2.05) is 0 Å². The maximum Gasteiger partial charge on any atom is 0.341 e. The fourth-order valence-electron chi connectivity index (χ4n) is 2.16. The Balaban J connectivity index is 1.53. The van der Waals surface area contributed by atoms with E-state index in [4.69, 9.17) is 14.2 Å². The van der Waals surface area contributed by atoms with Gasteiger partial charge in [0.05, 0.1) is 18.4 Å². The number of esters is 1. The molecule has 0 aliphatic carbocycles. The number of rotatable bonds is 7.